The van der Waals surface area contributed by atoms with Crippen molar-refractivity contribution in [2.75, 3.05) is 6.61 Å². The van der Waals surface area contributed by atoms with Crippen LogP contribution in [-0.2, 0) is 9.53 Å². The average molecular weight is 641 g/mol. The monoisotopic (exact) mass is 641 g/mol. The number of carbonyl (C=O) groups is 1. The molecule has 0 aromatic heterocycles. The molecule has 0 amide bonds. The van der Waals surface area contributed by atoms with Gasteiger partial charge in [0.1, 0.15) is 6.10 Å². The van der Waals surface area contributed by atoms with Crippen LogP contribution in [-0.4, -0.2) is 35.0 Å². The van der Waals surface area contributed by atoms with E-state index in [0.29, 0.717) is 18.3 Å². The highest BCUT2D eigenvalue weighted by atomic mass is 16.5. The molecular formula is C42H72O4. The molecule has 0 bridgehead atoms. The topological polar surface area (TPSA) is 66.8 Å². The van der Waals surface area contributed by atoms with Crippen molar-refractivity contribution >= 4 is 5.97 Å². The Kier molecular flexibility index (Phi) is 10.6. The van der Waals surface area contributed by atoms with Gasteiger partial charge in [-0.25, -0.2) is 0 Å². The molecule has 0 heterocycles. The van der Waals surface area contributed by atoms with Gasteiger partial charge in [0, 0.05) is 17.3 Å². The zero-order valence-corrected chi connectivity index (χ0v) is 31.4. The molecular weight excluding hydrogens is 568 g/mol. The molecule has 0 spiro atoms. The lowest BCUT2D eigenvalue weighted by Crippen LogP contribution is -2.65. The Morgan fingerprint density at radius 1 is 0.783 bits per heavy atom. The lowest BCUT2D eigenvalue weighted by molar-refractivity contribution is -0.219. The molecule has 4 nitrogen and oxygen atoms in total. The maximum Gasteiger partial charge on any atom is 0.306 e. The number of ether oxygens (including phenoxy) is 1. The predicted molar refractivity (Wildman–Crippen MR) is 189 cm³/mol. The van der Waals surface area contributed by atoms with Gasteiger partial charge in [0.25, 0.3) is 0 Å². The van der Waals surface area contributed by atoms with Crippen LogP contribution in [0.15, 0.2) is 11.1 Å². The molecule has 5 rings (SSSR count). The van der Waals surface area contributed by atoms with Gasteiger partial charge < -0.3 is 14.9 Å². The summed E-state index contributed by atoms with van der Waals surface area (Å²) < 4.78 is 6.35. The molecule has 46 heavy (non-hydrogen) atoms. The Labute approximate surface area is 283 Å². The van der Waals surface area contributed by atoms with Crippen molar-refractivity contribution in [3.8, 4) is 0 Å². The zero-order chi connectivity index (χ0) is 33.6. The molecule has 0 aromatic carbocycles. The van der Waals surface area contributed by atoms with Crippen LogP contribution in [0, 0.1) is 44.3 Å². The maximum atomic E-state index is 13.1. The van der Waals surface area contributed by atoms with Crippen LogP contribution in [0.4, 0.5) is 0 Å². The zero-order valence-electron chi connectivity index (χ0n) is 31.4. The molecule has 2 N–H and O–H groups in total. The van der Waals surface area contributed by atoms with Crippen molar-refractivity contribution in [2.24, 2.45) is 44.3 Å². The van der Waals surface area contributed by atoms with E-state index in [0.717, 1.165) is 70.6 Å². The standard InChI is InChI=1S/C42H72O4/c1-9-10-11-12-13-14-15-16-17-18-36(45)46-35-22-23-39(6)32(38(35,4)5)21-24-40(7)33(39)20-19-30-31-27-37(2,3)25-26-42(31,29-43)34(44)28-41(30,40)8/h32-35,43-44H,9-29H2,1-8H3. The van der Waals surface area contributed by atoms with Gasteiger partial charge in [0.05, 0.1) is 12.7 Å². The van der Waals surface area contributed by atoms with E-state index >= 15 is 0 Å². The Morgan fingerprint density at radius 3 is 2.09 bits per heavy atom. The minimum atomic E-state index is -0.476. The number of hydrogen-bond acceptors (Lipinski definition) is 4. The quantitative estimate of drug-likeness (QED) is 0.127. The lowest BCUT2D eigenvalue weighted by Gasteiger charge is -2.71. The molecule has 8 atom stereocenters. The number of carbonyl (C=O) groups excluding carboxylic acids is 1. The molecule has 0 aromatic rings. The van der Waals surface area contributed by atoms with Crippen LogP contribution in [0.1, 0.15) is 184 Å². The van der Waals surface area contributed by atoms with Crippen molar-refractivity contribution in [3.63, 3.8) is 0 Å². The molecule has 0 saturated heterocycles. The SMILES string of the molecule is CCCCCCCCCCCC(=O)OC1CCC2(C)C(CCC3(C)C2CCC2=C4CC(C)(C)CCC4(CO)C(O)CC23C)C1(C)C. The number of fused-ring (bicyclic) bond motifs is 6. The normalized spacial score (nSPS) is 41.2. The van der Waals surface area contributed by atoms with Gasteiger partial charge in [-0.2, -0.15) is 0 Å². The van der Waals surface area contributed by atoms with Crippen LogP contribution in [0.3, 0.4) is 0 Å². The summed E-state index contributed by atoms with van der Waals surface area (Å²) >= 11 is 0. The van der Waals surface area contributed by atoms with Crippen LogP contribution in [0.2, 0.25) is 0 Å². The van der Waals surface area contributed by atoms with E-state index in [4.69, 9.17) is 4.74 Å². The smallest absolute Gasteiger partial charge is 0.306 e. The summed E-state index contributed by atoms with van der Waals surface area (Å²) in [5.41, 5.74) is 3.03. The largest absolute Gasteiger partial charge is 0.462 e. The van der Waals surface area contributed by atoms with Crippen molar-refractivity contribution in [3.05, 3.63) is 11.1 Å². The summed E-state index contributed by atoms with van der Waals surface area (Å²) in [6.07, 6.45) is 21.9. The Morgan fingerprint density at radius 2 is 1.43 bits per heavy atom. The third-order valence-electron chi connectivity index (χ3n) is 15.7. The van der Waals surface area contributed by atoms with Crippen LogP contribution < -0.4 is 0 Å². The fraction of sp³-hybridized carbons (Fsp3) is 0.929. The number of hydrogen-bond donors (Lipinski definition) is 2. The lowest BCUT2D eigenvalue weighted by atomic mass is 9.34. The highest BCUT2D eigenvalue weighted by molar-refractivity contribution is 5.69. The number of unbranched alkanes of at least 4 members (excludes halogenated alkanes) is 8. The highest BCUT2D eigenvalue weighted by Crippen LogP contribution is 2.75. The average Bonchev–Trinajstić information content (AvgIpc) is 2.98. The van der Waals surface area contributed by atoms with E-state index in [9.17, 15) is 15.0 Å². The van der Waals surface area contributed by atoms with Crippen LogP contribution >= 0.6 is 0 Å². The summed E-state index contributed by atoms with van der Waals surface area (Å²) in [5.74, 6) is 1.12. The summed E-state index contributed by atoms with van der Waals surface area (Å²) in [6.45, 7) is 19.6. The van der Waals surface area contributed by atoms with Crippen molar-refractivity contribution < 1.29 is 19.7 Å². The molecule has 5 aliphatic rings. The third kappa shape index (κ3) is 6.09. The molecule has 5 aliphatic carbocycles. The number of rotatable bonds is 12. The number of allylic oxidation sites excluding steroid dienone is 1. The van der Waals surface area contributed by atoms with Crippen molar-refractivity contribution in [2.45, 2.75) is 196 Å². The predicted octanol–water partition coefficient (Wildman–Crippen LogP) is 10.7. The summed E-state index contributed by atoms with van der Waals surface area (Å²) in [7, 11) is 0. The minimum absolute atomic E-state index is 0.00370. The van der Waals surface area contributed by atoms with Gasteiger partial charge in [-0.15, -0.1) is 0 Å². The molecule has 4 fully saturated rings. The fourth-order valence-electron chi connectivity index (χ4n) is 12.7. The van der Waals surface area contributed by atoms with Gasteiger partial charge in [-0.05, 0) is 104 Å². The molecule has 264 valence electrons. The summed E-state index contributed by atoms with van der Waals surface area (Å²) in [5, 5.41) is 22.7. The van der Waals surface area contributed by atoms with E-state index in [1.807, 2.05) is 0 Å². The van der Waals surface area contributed by atoms with Gasteiger partial charge >= 0.3 is 5.97 Å². The first kappa shape index (κ1) is 36.4. The minimum Gasteiger partial charge on any atom is -0.462 e. The molecule has 8 unspecified atom stereocenters. The van der Waals surface area contributed by atoms with Crippen molar-refractivity contribution in [1.82, 2.24) is 0 Å². The van der Waals surface area contributed by atoms with Gasteiger partial charge in [0.2, 0.25) is 0 Å². The second-order valence-corrected chi connectivity index (χ2v) is 19.2. The molecule has 4 saturated carbocycles. The molecule has 0 aliphatic heterocycles. The Hall–Kier alpha value is -0.870. The Bertz CT molecular complexity index is 1120. The van der Waals surface area contributed by atoms with E-state index < -0.39 is 11.5 Å². The van der Waals surface area contributed by atoms with Gasteiger partial charge in [0.15, 0.2) is 0 Å². The van der Waals surface area contributed by atoms with E-state index in [1.165, 1.54) is 56.9 Å². The van der Waals surface area contributed by atoms with Crippen molar-refractivity contribution in [1.29, 1.82) is 0 Å². The van der Waals surface area contributed by atoms with Crippen LogP contribution in [0.25, 0.3) is 0 Å². The third-order valence-corrected chi connectivity index (χ3v) is 15.7. The number of aliphatic hydroxyl groups excluding tert-OH is 2. The fourth-order valence-corrected chi connectivity index (χ4v) is 12.7. The first-order chi connectivity index (χ1) is 21.6. The maximum absolute atomic E-state index is 13.1. The van der Waals surface area contributed by atoms with E-state index in [2.05, 4.69) is 55.4 Å². The number of aliphatic hydroxyl groups is 2. The second-order valence-electron chi connectivity index (χ2n) is 19.2. The highest BCUT2D eigenvalue weighted by Gasteiger charge is 2.69. The van der Waals surface area contributed by atoms with E-state index in [-0.39, 0.29) is 45.8 Å². The summed E-state index contributed by atoms with van der Waals surface area (Å²) in [4.78, 5) is 13.1. The summed E-state index contributed by atoms with van der Waals surface area (Å²) in [6, 6.07) is 0. The number of esters is 1. The van der Waals surface area contributed by atoms with Gasteiger partial charge in [-0.1, -0.05) is 118 Å². The Balaban J connectivity index is 1.27. The molecule has 0 radical (unpaired) electrons. The molecule has 4 heteroatoms. The van der Waals surface area contributed by atoms with Crippen LogP contribution in [0.5, 0.6) is 0 Å². The first-order valence-corrected chi connectivity index (χ1v) is 19.8. The second kappa shape index (κ2) is 13.4. The first-order valence-electron chi connectivity index (χ1n) is 19.8. The van der Waals surface area contributed by atoms with E-state index in [1.54, 1.807) is 5.57 Å². The van der Waals surface area contributed by atoms with Gasteiger partial charge in [-0.3, -0.25) is 4.79 Å².